The number of carbonyl (C=O) groups is 1. The van der Waals surface area contributed by atoms with Gasteiger partial charge >= 0.3 is 0 Å². The summed E-state index contributed by atoms with van der Waals surface area (Å²) in [5.74, 6) is 0.594. The van der Waals surface area contributed by atoms with Crippen molar-refractivity contribution in [3.8, 4) is 0 Å². The Hall–Kier alpha value is -1.55. The second-order valence-corrected chi connectivity index (χ2v) is 5.19. The van der Waals surface area contributed by atoms with Gasteiger partial charge in [-0.2, -0.15) is 0 Å². The van der Waals surface area contributed by atoms with Gasteiger partial charge < -0.3 is 0 Å². The predicted molar refractivity (Wildman–Crippen MR) is 68.3 cm³/mol. The highest BCUT2D eigenvalue weighted by atomic mass is 32.1. The molecule has 1 heterocycles. The first kappa shape index (κ1) is 11.9. The molecule has 0 aliphatic heterocycles. The van der Waals surface area contributed by atoms with E-state index in [4.69, 9.17) is 0 Å². The van der Waals surface area contributed by atoms with Gasteiger partial charge in [-0.25, -0.2) is 0 Å². The summed E-state index contributed by atoms with van der Waals surface area (Å²) in [5, 5.41) is 3.69. The standard InChI is InChI=1S/C13H14N2OS/c1-9(2)6-10-4-3-5-11(7-10)13(16)12-8-14-15-17-12/h3-5,7-9H,6H2,1-2H3. The Kier molecular flexibility index (Phi) is 3.64. The predicted octanol–water partition coefficient (Wildman–Crippen LogP) is 2.97. The summed E-state index contributed by atoms with van der Waals surface area (Å²) in [7, 11) is 0. The van der Waals surface area contributed by atoms with Gasteiger partial charge in [-0.3, -0.25) is 4.79 Å². The summed E-state index contributed by atoms with van der Waals surface area (Å²) in [4.78, 5) is 12.7. The number of rotatable bonds is 4. The number of carbonyl (C=O) groups excluding carboxylic acids is 1. The smallest absolute Gasteiger partial charge is 0.206 e. The molecule has 0 aliphatic carbocycles. The van der Waals surface area contributed by atoms with E-state index >= 15 is 0 Å². The number of benzene rings is 1. The Bertz CT molecular complexity index is 506. The fourth-order valence-electron chi connectivity index (χ4n) is 1.72. The Morgan fingerprint density at radius 2 is 2.24 bits per heavy atom. The van der Waals surface area contributed by atoms with Gasteiger partial charge in [0, 0.05) is 5.56 Å². The van der Waals surface area contributed by atoms with Crippen molar-refractivity contribution in [3.05, 3.63) is 46.5 Å². The minimum Gasteiger partial charge on any atom is -0.288 e. The van der Waals surface area contributed by atoms with E-state index in [0.717, 1.165) is 18.0 Å². The third kappa shape index (κ3) is 2.97. The summed E-state index contributed by atoms with van der Waals surface area (Å²) in [5.41, 5.74) is 1.91. The number of aromatic nitrogens is 2. The van der Waals surface area contributed by atoms with Gasteiger partial charge in [0.1, 0.15) is 4.88 Å². The first-order chi connectivity index (χ1) is 8.16. The highest BCUT2D eigenvalue weighted by Gasteiger charge is 2.12. The number of hydrogen-bond acceptors (Lipinski definition) is 4. The lowest BCUT2D eigenvalue weighted by atomic mass is 9.99. The van der Waals surface area contributed by atoms with Crippen molar-refractivity contribution in [1.29, 1.82) is 0 Å². The van der Waals surface area contributed by atoms with Crippen molar-refractivity contribution >= 4 is 17.3 Å². The molecular formula is C13H14N2OS. The van der Waals surface area contributed by atoms with E-state index in [2.05, 4.69) is 29.5 Å². The first-order valence-electron chi connectivity index (χ1n) is 5.58. The molecule has 17 heavy (non-hydrogen) atoms. The molecule has 0 amide bonds. The maximum Gasteiger partial charge on any atom is 0.206 e. The lowest BCUT2D eigenvalue weighted by Crippen LogP contribution is -2.01. The molecule has 0 spiro atoms. The molecule has 0 saturated heterocycles. The van der Waals surface area contributed by atoms with E-state index in [1.165, 1.54) is 11.8 Å². The van der Waals surface area contributed by atoms with E-state index in [1.54, 1.807) is 0 Å². The van der Waals surface area contributed by atoms with E-state index in [-0.39, 0.29) is 5.78 Å². The van der Waals surface area contributed by atoms with Crippen LogP contribution in [0.5, 0.6) is 0 Å². The number of hydrogen-bond donors (Lipinski definition) is 0. The third-order valence-corrected chi connectivity index (χ3v) is 3.08. The second-order valence-electron chi connectivity index (χ2n) is 4.41. The van der Waals surface area contributed by atoms with Gasteiger partial charge in [-0.05, 0) is 35.5 Å². The van der Waals surface area contributed by atoms with Crippen molar-refractivity contribution in [2.75, 3.05) is 0 Å². The maximum absolute atomic E-state index is 12.1. The van der Waals surface area contributed by atoms with E-state index < -0.39 is 0 Å². The van der Waals surface area contributed by atoms with Crippen molar-refractivity contribution in [3.63, 3.8) is 0 Å². The molecule has 0 N–H and O–H groups in total. The SMILES string of the molecule is CC(C)Cc1cccc(C(=O)c2cnns2)c1. The highest BCUT2D eigenvalue weighted by molar-refractivity contribution is 7.08. The van der Waals surface area contributed by atoms with Crippen LogP contribution in [0.3, 0.4) is 0 Å². The fourth-order valence-corrected chi connectivity index (χ4v) is 2.20. The summed E-state index contributed by atoms with van der Waals surface area (Å²) in [6.45, 7) is 4.34. The first-order valence-corrected chi connectivity index (χ1v) is 6.35. The summed E-state index contributed by atoms with van der Waals surface area (Å²) < 4.78 is 3.71. The van der Waals surface area contributed by atoms with Crippen LogP contribution in [0.25, 0.3) is 0 Å². The van der Waals surface area contributed by atoms with Crippen LogP contribution in [0.2, 0.25) is 0 Å². The van der Waals surface area contributed by atoms with Gasteiger partial charge in [0.2, 0.25) is 5.78 Å². The number of ketones is 1. The molecule has 0 bridgehead atoms. The molecule has 0 aliphatic rings. The molecule has 0 radical (unpaired) electrons. The molecule has 2 rings (SSSR count). The molecular weight excluding hydrogens is 232 g/mol. The van der Waals surface area contributed by atoms with Crippen molar-refractivity contribution in [2.24, 2.45) is 5.92 Å². The van der Waals surface area contributed by atoms with Crippen LogP contribution in [-0.2, 0) is 6.42 Å². The maximum atomic E-state index is 12.1. The van der Waals surface area contributed by atoms with Crippen molar-refractivity contribution < 1.29 is 4.79 Å². The quantitative estimate of drug-likeness (QED) is 0.779. The van der Waals surface area contributed by atoms with Crippen LogP contribution in [0.15, 0.2) is 30.5 Å². The zero-order valence-electron chi connectivity index (χ0n) is 9.88. The minimum absolute atomic E-state index is 0.00519. The van der Waals surface area contributed by atoms with Crippen molar-refractivity contribution in [1.82, 2.24) is 9.59 Å². The normalized spacial score (nSPS) is 10.8. The van der Waals surface area contributed by atoms with E-state index in [0.29, 0.717) is 16.4 Å². The van der Waals surface area contributed by atoms with Gasteiger partial charge in [0.15, 0.2) is 0 Å². The van der Waals surface area contributed by atoms with E-state index in [1.807, 2.05) is 18.2 Å². The van der Waals surface area contributed by atoms with Crippen LogP contribution < -0.4 is 0 Å². The van der Waals surface area contributed by atoms with Gasteiger partial charge in [0.05, 0.1) is 6.20 Å². The number of nitrogens with zero attached hydrogens (tertiary/aromatic N) is 2. The van der Waals surface area contributed by atoms with Crippen molar-refractivity contribution in [2.45, 2.75) is 20.3 Å². The molecule has 0 unspecified atom stereocenters. The summed E-state index contributed by atoms with van der Waals surface area (Å²) in [6, 6.07) is 7.79. The van der Waals surface area contributed by atoms with E-state index in [9.17, 15) is 4.79 Å². The van der Waals surface area contributed by atoms with Crippen LogP contribution >= 0.6 is 11.5 Å². The zero-order valence-corrected chi connectivity index (χ0v) is 10.7. The van der Waals surface area contributed by atoms with Crippen LogP contribution in [0, 0.1) is 5.92 Å². The van der Waals surface area contributed by atoms with Gasteiger partial charge in [-0.1, -0.05) is 36.5 Å². The average Bonchev–Trinajstić information content (AvgIpc) is 2.81. The Morgan fingerprint density at radius 1 is 1.41 bits per heavy atom. The molecule has 3 nitrogen and oxygen atoms in total. The minimum atomic E-state index is 0.00519. The van der Waals surface area contributed by atoms with Crippen LogP contribution in [-0.4, -0.2) is 15.4 Å². The van der Waals surface area contributed by atoms with Crippen LogP contribution in [0.4, 0.5) is 0 Å². The third-order valence-electron chi connectivity index (χ3n) is 2.42. The molecule has 1 aromatic heterocycles. The lowest BCUT2D eigenvalue weighted by molar-refractivity contribution is 0.104. The molecule has 0 atom stereocenters. The zero-order chi connectivity index (χ0) is 12.3. The molecule has 88 valence electrons. The molecule has 0 fully saturated rings. The fraction of sp³-hybridized carbons (Fsp3) is 0.308. The topological polar surface area (TPSA) is 42.9 Å². The Balaban J connectivity index is 2.24. The largest absolute Gasteiger partial charge is 0.288 e. The van der Waals surface area contributed by atoms with Crippen LogP contribution in [0.1, 0.15) is 34.6 Å². The highest BCUT2D eigenvalue weighted by Crippen LogP contribution is 2.15. The monoisotopic (exact) mass is 246 g/mol. The van der Waals surface area contributed by atoms with Gasteiger partial charge in [0.25, 0.3) is 0 Å². The average molecular weight is 246 g/mol. The molecule has 2 aromatic rings. The Labute approximate surface area is 105 Å². The summed E-state index contributed by atoms with van der Waals surface area (Å²) in [6.07, 6.45) is 2.50. The molecule has 0 saturated carbocycles. The van der Waals surface area contributed by atoms with Gasteiger partial charge in [-0.15, -0.1) is 5.10 Å². The summed E-state index contributed by atoms with van der Waals surface area (Å²) >= 11 is 1.13. The Morgan fingerprint density at radius 3 is 2.88 bits per heavy atom. The lowest BCUT2D eigenvalue weighted by Gasteiger charge is -2.06. The molecule has 1 aromatic carbocycles. The second kappa shape index (κ2) is 5.19. The molecule has 4 heteroatoms.